The zero-order chi connectivity index (χ0) is 20.8. The molecule has 1 amide bonds. The Labute approximate surface area is 186 Å². The van der Waals surface area contributed by atoms with Crippen LogP contribution in [0.25, 0.3) is 0 Å². The first-order valence-corrected chi connectivity index (χ1v) is 13.0. The second-order valence-corrected chi connectivity index (χ2v) is 10.5. The van der Waals surface area contributed by atoms with E-state index in [2.05, 4.69) is 4.74 Å². The number of carbonyl (C=O) groups excluding carboxylic acids is 3. The minimum atomic E-state index is -0.609. The van der Waals surface area contributed by atoms with Crippen LogP contribution in [0.3, 0.4) is 0 Å². The molecule has 0 fully saturated rings. The topological polar surface area (TPSA) is 63.7 Å². The summed E-state index contributed by atoms with van der Waals surface area (Å²) in [6, 6.07) is 7.35. The van der Waals surface area contributed by atoms with Crippen LogP contribution >= 0.6 is 22.9 Å². The second-order valence-electron chi connectivity index (χ2n) is 6.74. The number of ether oxygens (including phenoxy) is 1. The molecule has 1 radical (unpaired) electrons. The summed E-state index contributed by atoms with van der Waals surface area (Å²) in [6.07, 6.45) is 3.41. The number of carbonyl (C=O) groups is 3. The SMILES string of the molecule is COC(=O)CCC(=O)[As]Cc1ccc(C(=O)N2CCCCc3sccc32)cc1Cl. The van der Waals surface area contributed by atoms with Gasteiger partial charge in [0, 0.05) is 0 Å². The van der Waals surface area contributed by atoms with Crippen LogP contribution in [0.2, 0.25) is 5.02 Å². The van der Waals surface area contributed by atoms with Crippen molar-refractivity contribution in [2.24, 2.45) is 0 Å². The molecule has 2 heterocycles. The van der Waals surface area contributed by atoms with Gasteiger partial charge in [-0.25, -0.2) is 0 Å². The van der Waals surface area contributed by atoms with Crippen LogP contribution in [-0.2, 0) is 26.0 Å². The van der Waals surface area contributed by atoms with Crippen LogP contribution in [0.5, 0.6) is 0 Å². The first-order chi connectivity index (χ1) is 14.0. The van der Waals surface area contributed by atoms with E-state index < -0.39 is 15.8 Å². The quantitative estimate of drug-likeness (QED) is 0.430. The number of thiophene rings is 1. The molecule has 0 saturated heterocycles. The first kappa shape index (κ1) is 22.1. The summed E-state index contributed by atoms with van der Waals surface area (Å²) >= 11 is 7.51. The van der Waals surface area contributed by atoms with Crippen molar-refractivity contribution in [2.75, 3.05) is 18.6 Å². The molecule has 0 unspecified atom stereocenters. The van der Waals surface area contributed by atoms with E-state index in [1.807, 2.05) is 22.4 Å². The Morgan fingerprint density at radius 1 is 1.21 bits per heavy atom. The molecule has 0 spiro atoms. The summed E-state index contributed by atoms with van der Waals surface area (Å²) in [4.78, 5) is 39.3. The minimum absolute atomic E-state index is 0.0394. The number of benzene rings is 1. The fourth-order valence-corrected chi connectivity index (χ4v) is 6.42. The molecule has 5 nitrogen and oxygen atoms in total. The zero-order valence-corrected chi connectivity index (χ0v) is 19.6. The van der Waals surface area contributed by atoms with Gasteiger partial charge in [-0.3, -0.25) is 0 Å². The Hall–Kier alpha value is -1.62. The Morgan fingerprint density at radius 2 is 2.03 bits per heavy atom. The Bertz CT molecular complexity index is 914. The third-order valence-electron chi connectivity index (χ3n) is 4.79. The maximum absolute atomic E-state index is 13.1. The van der Waals surface area contributed by atoms with Gasteiger partial charge in [-0.05, 0) is 0 Å². The van der Waals surface area contributed by atoms with E-state index in [0.29, 0.717) is 22.3 Å². The van der Waals surface area contributed by atoms with Gasteiger partial charge in [-0.15, -0.1) is 0 Å². The molecule has 0 bridgehead atoms. The van der Waals surface area contributed by atoms with Gasteiger partial charge >= 0.3 is 186 Å². The van der Waals surface area contributed by atoms with E-state index in [0.717, 1.165) is 30.5 Å². The van der Waals surface area contributed by atoms with Gasteiger partial charge < -0.3 is 0 Å². The fourth-order valence-electron chi connectivity index (χ4n) is 3.18. The molecule has 3 rings (SSSR count). The van der Waals surface area contributed by atoms with Crippen molar-refractivity contribution in [2.45, 2.75) is 37.3 Å². The van der Waals surface area contributed by atoms with Crippen molar-refractivity contribution >= 4 is 60.8 Å². The molecule has 8 heteroatoms. The predicted molar refractivity (Wildman–Crippen MR) is 116 cm³/mol. The number of rotatable bonds is 7. The van der Waals surface area contributed by atoms with E-state index in [9.17, 15) is 14.4 Å². The third-order valence-corrected chi connectivity index (χ3v) is 8.37. The maximum atomic E-state index is 13.1. The standard InChI is InChI=1S/C21H22AsClNO4S/c1-28-20(26)8-7-19(25)22-13-15-6-5-14(12-16(15)23)21(27)24-10-3-2-4-18-17(24)9-11-29-18/h5-6,9,11-12H,2-4,7-8,10,13H2,1H3. The second kappa shape index (κ2) is 10.4. The summed E-state index contributed by atoms with van der Waals surface area (Å²) in [5.74, 6) is -0.412. The first-order valence-electron chi connectivity index (χ1n) is 9.43. The van der Waals surface area contributed by atoms with Gasteiger partial charge in [0.2, 0.25) is 0 Å². The van der Waals surface area contributed by atoms with E-state index in [1.165, 1.54) is 12.0 Å². The zero-order valence-electron chi connectivity index (χ0n) is 16.2. The average molecular weight is 495 g/mol. The summed E-state index contributed by atoms with van der Waals surface area (Å²) in [7, 11) is 1.31. The molecule has 0 N–H and O–H groups in total. The van der Waals surface area contributed by atoms with Crippen molar-refractivity contribution < 1.29 is 19.1 Å². The van der Waals surface area contributed by atoms with E-state index in [1.54, 1.807) is 23.5 Å². The van der Waals surface area contributed by atoms with Crippen LogP contribution in [0.4, 0.5) is 5.69 Å². The summed E-state index contributed by atoms with van der Waals surface area (Å²) in [5.41, 5.74) is 2.44. The molecule has 0 saturated carbocycles. The number of anilines is 1. The summed E-state index contributed by atoms with van der Waals surface area (Å²) in [5, 5.41) is 3.11. The van der Waals surface area contributed by atoms with Crippen LogP contribution in [0, 0.1) is 0 Å². The molecule has 29 heavy (non-hydrogen) atoms. The monoisotopic (exact) mass is 494 g/mol. The van der Waals surface area contributed by atoms with Crippen molar-refractivity contribution in [3.05, 3.63) is 50.7 Å². The Morgan fingerprint density at radius 3 is 2.79 bits per heavy atom. The van der Waals surface area contributed by atoms with Crippen molar-refractivity contribution in [3.8, 4) is 0 Å². The molecule has 2 aromatic rings. The number of amides is 1. The van der Waals surface area contributed by atoms with E-state index in [-0.39, 0.29) is 29.3 Å². The number of nitrogens with zero attached hydrogens (tertiary/aromatic N) is 1. The van der Waals surface area contributed by atoms with Crippen LogP contribution in [-0.4, -0.2) is 45.9 Å². The van der Waals surface area contributed by atoms with Gasteiger partial charge in [0.15, 0.2) is 0 Å². The third kappa shape index (κ3) is 5.71. The van der Waals surface area contributed by atoms with Crippen LogP contribution < -0.4 is 4.90 Å². The molecule has 0 atom stereocenters. The van der Waals surface area contributed by atoms with Crippen LogP contribution in [0.1, 0.15) is 46.5 Å². The number of fused-ring (bicyclic) bond motifs is 1. The Balaban J connectivity index is 1.64. The number of aryl methyl sites for hydroxylation is 1. The molecule has 1 aliphatic heterocycles. The predicted octanol–water partition coefficient (Wildman–Crippen LogP) is 4.07. The molecule has 153 valence electrons. The molecular formula is C21H22AsClNO4S. The number of halogens is 1. The van der Waals surface area contributed by atoms with Gasteiger partial charge in [0.05, 0.1) is 0 Å². The van der Waals surface area contributed by atoms with Gasteiger partial charge in [0.1, 0.15) is 0 Å². The van der Waals surface area contributed by atoms with Crippen molar-refractivity contribution in [3.63, 3.8) is 0 Å². The van der Waals surface area contributed by atoms with Gasteiger partial charge in [0.25, 0.3) is 0 Å². The molecule has 0 aliphatic carbocycles. The number of methoxy groups -OCH3 is 1. The molecular weight excluding hydrogens is 473 g/mol. The number of hydrogen-bond acceptors (Lipinski definition) is 5. The van der Waals surface area contributed by atoms with Crippen LogP contribution in [0.15, 0.2) is 29.6 Å². The van der Waals surface area contributed by atoms with Gasteiger partial charge in [-0.1, -0.05) is 0 Å². The number of hydrogen-bond donors (Lipinski definition) is 0. The van der Waals surface area contributed by atoms with E-state index in [4.69, 9.17) is 11.6 Å². The molecule has 1 aromatic carbocycles. The fraction of sp³-hybridized carbons (Fsp3) is 0.381. The molecule has 1 aromatic heterocycles. The average Bonchev–Trinajstić information content (AvgIpc) is 3.09. The Kier molecular flexibility index (Phi) is 7.93. The summed E-state index contributed by atoms with van der Waals surface area (Å²) < 4.78 is 4.64. The summed E-state index contributed by atoms with van der Waals surface area (Å²) in [6.45, 7) is 0.710. The number of esters is 1. The molecule has 1 aliphatic rings. The normalized spacial score (nSPS) is 13.9. The van der Waals surface area contributed by atoms with E-state index >= 15 is 0 Å². The van der Waals surface area contributed by atoms with Crippen molar-refractivity contribution in [1.82, 2.24) is 0 Å². The van der Waals surface area contributed by atoms with Crippen molar-refractivity contribution in [1.29, 1.82) is 0 Å². The van der Waals surface area contributed by atoms with Gasteiger partial charge in [-0.2, -0.15) is 0 Å².